The predicted molar refractivity (Wildman–Crippen MR) is 89.1 cm³/mol. The molecule has 0 aliphatic rings. The zero-order valence-electron chi connectivity index (χ0n) is 13.6. The molecule has 3 heterocycles. The summed E-state index contributed by atoms with van der Waals surface area (Å²) in [6.07, 6.45) is 1.75. The molecule has 3 aromatic heterocycles. The summed E-state index contributed by atoms with van der Waals surface area (Å²) >= 11 is 1.37. The summed E-state index contributed by atoms with van der Waals surface area (Å²) in [7, 11) is 0. The highest BCUT2D eigenvalue weighted by molar-refractivity contribution is 7.20. The first-order chi connectivity index (χ1) is 11.0. The van der Waals surface area contributed by atoms with Crippen molar-refractivity contribution in [2.75, 3.05) is 5.32 Å². The summed E-state index contributed by atoms with van der Waals surface area (Å²) in [5.41, 5.74) is 2.53. The summed E-state index contributed by atoms with van der Waals surface area (Å²) in [4.78, 5) is 17.2. The van der Waals surface area contributed by atoms with Crippen LogP contribution in [-0.4, -0.2) is 19.8 Å². The van der Waals surface area contributed by atoms with Gasteiger partial charge in [-0.1, -0.05) is 29.8 Å². The number of hydrogen-bond donors (Lipinski definition) is 1. The molecule has 0 spiro atoms. The lowest BCUT2D eigenvalue weighted by molar-refractivity contribution is 0.392. The maximum atomic E-state index is 12.1. The molecule has 1 unspecified atom stereocenters. The Hall–Kier alpha value is -2.22. The van der Waals surface area contributed by atoms with Crippen LogP contribution >= 0.6 is 11.3 Å². The van der Waals surface area contributed by atoms with Gasteiger partial charge in [0.15, 0.2) is 0 Å². The van der Waals surface area contributed by atoms with E-state index in [0.717, 1.165) is 35.6 Å². The van der Waals surface area contributed by atoms with Gasteiger partial charge in [0.2, 0.25) is 10.1 Å². The third kappa shape index (κ3) is 2.98. The van der Waals surface area contributed by atoms with Crippen LogP contribution in [0.2, 0.25) is 0 Å². The molecule has 7 nitrogen and oxygen atoms in total. The van der Waals surface area contributed by atoms with Gasteiger partial charge in [-0.2, -0.15) is 4.52 Å². The number of nitrogens with one attached hydrogen (secondary N) is 1. The number of hydrogen-bond acceptors (Lipinski definition) is 7. The van der Waals surface area contributed by atoms with Crippen molar-refractivity contribution in [3.8, 4) is 0 Å². The monoisotopic (exact) mass is 333 g/mol. The minimum Gasteiger partial charge on any atom is -0.361 e. The lowest BCUT2D eigenvalue weighted by atomic mass is 10.1. The first-order valence-corrected chi connectivity index (χ1v) is 8.40. The molecule has 0 radical (unpaired) electrons. The normalized spacial score (nSPS) is 12.7. The van der Waals surface area contributed by atoms with E-state index in [1.54, 1.807) is 6.07 Å². The van der Waals surface area contributed by atoms with Crippen molar-refractivity contribution in [3.05, 3.63) is 39.1 Å². The second kappa shape index (κ2) is 6.11. The van der Waals surface area contributed by atoms with Gasteiger partial charge in [0.25, 0.3) is 5.56 Å². The van der Waals surface area contributed by atoms with E-state index in [-0.39, 0.29) is 11.6 Å². The van der Waals surface area contributed by atoms with Crippen LogP contribution < -0.4 is 10.9 Å². The summed E-state index contributed by atoms with van der Waals surface area (Å²) < 4.78 is 6.54. The molecule has 0 amide bonds. The molecule has 1 N–H and O–H groups in total. The van der Waals surface area contributed by atoms with Gasteiger partial charge in [0, 0.05) is 17.3 Å². The van der Waals surface area contributed by atoms with Crippen molar-refractivity contribution < 1.29 is 4.52 Å². The van der Waals surface area contributed by atoms with Crippen LogP contribution in [0.5, 0.6) is 0 Å². The van der Waals surface area contributed by atoms with Crippen LogP contribution in [-0.2, 0) is 6.42 Å². The predicted octanol–water partition coefficient (Wildman–Crippen LogP) is 2.88. The zero-order chi connectivity index (χ0) is 16.6. The summed E-state index contributed by atoms with van der Waals surface area (Å²) in [6, 6.07) is 1.53. The van der Waals surface area contributed by atoms with E-state index in [1.807, 2.05) is 20.8 Å². The van der Waals surface area contributed by atoms with E-state index in [4.69, 9.17) is 4.52 Å². The maximum Gasteiger partial charge on any atom is 0.275 e. The highest BCUT2D eigenvalue weighted by Crippen LogP contribution is 2.26. The molecule has 0 aliphatic carbocycles. The van der Waals surface area contributed by atoms with Gasteiger partial charge in [-0.25, -0.2) is 4.98 Å². The summed E-state index contributed by atoms with van der Waals surface area (Å²) in [5.74, 6) is 0.782. The largest absolute Gasteiger partial charge is 0.361 e. The molecule has 8 heteroatoms. The molecule has 1 atom stereocenters. The molecule has 0 bridgehead atoms. The fourth-order valence-corrected chi connectivity index (χ4v) is 3.58. The number of anilines is 1. The van der Waals surface area contributed by atoms with Gasteiger partial charge in [0.05, 0.1) is 11.7 Å². The highest BCUT2D eigenvalue weighted by atomic mass is 32.1. The van der Waals surface area contributed by atoms with Gasteiger partial charge in [-0.15, -0.1) is 5.10 Å². The molecule has 122 valence electrons. The van der Waals surface area contributed by atoms with Crippen molar-refractivity contribution >= 4 is 21.4 Å². The Labute approximate surface area is 137 Å². The van der Waals surface area contributed by atoms with E-state index in [2.05, 4.69) is 27.5 Å². The molecule has 0 fully saturated rings. The van der Waals surface area contributed by atoms with E-state index in [1.165, 1.54) is 15.9 Å². The number of rotatable bonds is 5. The standard InChI is InChI=1S/C15H19N5O2S/c1-5-6-11-7-12(21)20-15(17-11)23-14(18-20)16-8(2)13-9(3)19-22-10(13)4/h7-8H,5-6H2,1-4H3,(H,16,18). The van der Waals surface area contributed by atoms with E-state index in [0.29, 0.717) is 10.1 Å². The van der Waals surface area contributed by atoms with E-state index < -0.39 is 0 Å². The highest BCUT2D eigenvalue weighted by Gasteiger charge is 2.18. The van der Waals surface area contributed by atoms with Crippen molar-refractivity contribution in [1.29, 1.82) is 0 Å². The Kier molecular flexibility index (Phi) is 4.16. The SMILES string of the molecule is CCCc1cc(=O)n2nc(NC(C)c3c(C)noc3C)sc2n1. The van der Waals surface area contributed by atoms with Gasteiger partial charge in [-0.3, -0.25) is 4.79 Å². The van der Waals surface area contributed by atoms with Gasteiger partial charge >= 0.3 is 0 Å². The molecule has 0 aliphatic heterocycles. The molecule has 3 aromatic rings. The third-order valence-corrected chi connectivity index (χ3v) is 4.51. The number of fused-ring (bicyclic) bond motifs is 1. The second-order valence-corrected chi connectivity index (χ2v) is 6.50. The smallest absolute Gasteiger partial charge is 0.275 e. The lowest BCUT2D eigenvalue weighted by Gasteiger charge is -2.11. The van der Waals surface area contributed by atoms with Crippen LogP contribution in [0.4, 0.5) is 5.13 Å². The molecule has 23 heavy (non-hydrogen) atoms. The molecular formula is C15H19N5O2S. The second-order valence-electron chi connectivity index (χ2n) is 5.54. The first-order valence-electron chi connectivity index (χ1n) is 7.58. The minimum atomic E-state index is -0.146. The first kappa shape index (κ1) is 15.7. The molecular weight excluding hydrogens is 314 g/mol. The van der Waals surface area contributed by atoms with Gasteiger partial charge < -0.3 is 9.84 Å². The Morgan fingerprint density at radius 2 is 2.22 bits per heavy atom. The van der Waals surface area contributed by atoms with Crippen molar-refractivity contribution in [3.63, 3.8) is 0 Å². The molecule has 0 aromatic carbocycles. The van der Waals surface area contributed by atoms with Crippen molar-refractivity contribution in [2.24, 2.45) is 0 Å². The Morgan fingerprint density at radius 3 is 2.87 bits per heavy atom. The topological polar surface area (TPSA) is 85.3 Å². The van der Waals surface area contributed by atoms with E-state index in [9.17, 15) is 4.79 Å². The fourth-order valence-electron chi connectivity index (χ4n) is 2.66. The fraction of sp³-hybridized carbons (Fsp3) is 0.467. The van der Waals surface area contributed by atoms with Crippen LogP contribution in [0.3, 0.4) is 0 Å². The number of nitrogens with zero attached hydrogens (tertiary/aromatic N) is 4. The third-order valence-electron chi connectivity index (χ3n) is 3.67. The molecule has 3 rings (SSSR count). The van der Waals surface area contributed by atoms with Crippen LogP contribution in [0.15, 0.2) is 15.4 Å². The van der Waals surface area contributed by atoms with Crippen molar-refractivity contribution in [2.45, 2.75) is 46.6 Å². The Morgan fingerprint density at radius 1 is 1.43 bits per heavy atom. The Bertz CT molecular complexity index is 876. The van der Waals surface area contributed by atoms with Crippen LogP contribution in [0, 0.1) is 13.8 Å². The molecule has 0 saturated heterocycles. The van der Waals surface area contributed by atoms with Crippen LogP contribution in [0.25, 0.3) is 4.96 Å². The molecule has 0 saturated carbocycles. The van der Waals surface area contributed by atoms with Crippen molar-refractivity contribution in [1.82, 2.24) is 19.8 Å². The zero-order valence-corrected chi connectivity index (χ0v) is 14.4. The minimum absolute atomic E-state index is 0.0207. The van der Waals surface area contributed by atoms with Crippen LogP contribution in [0.1, 0.15) is 49.0 Å². The average Bonchev–Trinajstić information content (AvgIpc) is 3.03. The van der Waals surface area contributed by atoms with E-state index >= 15 is 0 Å². The number of aryl methyl sites for hydroxylation is 3. The Balaban J connectivity index is 1.92. The lowest BCUT2D eigenvalue weighted by Crippen LogP contribution is -2.16. The summed E-state index contributed by atoms with van der Waals surface area (Å²) in [6.45, 7) is 7.87. The quantitative estimate of drug-likeness (QED) is 0.773. The number of aromatic nitrogens is 4. The summed E-state index contributed by atoms with van der Waals surface area (Å²) in [5, 5.41) is 12.2. The van der Waals surface area contributed by atoms with Gasteiger partial charge in [0.1, 0.15) is 5.76 Å². The average molecular weight is 333 g/mol. The maximum absolute atomic E-state index is 12.1. The van der Waals surface area contributed by atoms with Gasteiger partial charge in [-0.05, 0) is 27.2 Å².